The highest BCUT2D eigenvalue weighted by Crippen LogP contribution is 2.25. The smallest absolute Gasteiger partial charge is 0.258 e. The van der Waals surface area contributed by atoms with Crippen molar-refractivity contribution in [3.05, 3.63) is 77.0 Å². The van der Waals surface area contributed by atoms with Crippen molar-refractivity contribution < 1.29 is 17.6 Å². The molecule has 0 aliphatic carbocycles. The fraction of sp³-hybridized carbons (Fsp3) is 0.167. The van der Waals surface area contributed by atoms with Gasteiger partial charge in [0.25, 0.3) is 5.91 Å². The van der Waals surface area contributed by atoms with Gasteiger partial charge in [0.1, 0.15) is 5.82 Å². The summed E-state index contributed by atoms with van der Waals surface area (Å²) in [6.45, 7) is 1.93. The fourth-order valence-electron chi connectivity index (χ4n) is 2.62. The highest BCUT2D eigenvalue weighted by molar-refractivity contribution is 7.94. The van der Waals surface area contributed by atoms with Crippen LogP contribution >= 0.6 is 0 Å². The molecule has 124 valence electrons. The van der Waals surface area contributed by atoms with Crippen LogP contribution in [0.5, 0.6) is 0 Å². The molecule has 0 aromatic heterocycles. The molecule has 1 heterocycles. The first-order chi connectivity index (χ1) is 11.4. The minimum absolute atomic E-state index is 0.159. The first-order valence-corrected chi connectivity index (χ1v) is 9.14. The highest BCUT2D eigenvalue weighted by atomic mass is 32.2. The summed E-state index contributed by atoms with van der Waals surface area (Å²) in [5.41, 5.74) is 1.93. The average Bonchev–Trinajstić information content (AvgIpc) is 2.90. The molecule has 1 aliphatic heterocycles. The first kappa shape index (κ1) is 16.4. The Morgan fingerprint density at radius 1 is 1.08 bits per heavy atom. The number of anilines is 1. The second-order valence-corrected chi connectivity index (χ2v) is 7.67. The molecule has 6 heteroatoms. The van der Waals surface area contributed by atoms with Crippen LogP contribution < -0.4 is 4.90 Å². The number of hydrogen-bond donors (Lipinski definition) is 0. The fourth-order valence-corrected chi connectivity index (χ4v) is 3.88. The van der Waals surface area contributed by atoms with E-state index in [0.29, 0.717) is 11.3 Å². The lowest BCUT2D eigenvalue weighted by atomic mass is 10.1. The van der Waals surface area contributed by atoms with Crippen molar-refractivity contribution in [1.82, 2.24) is 0 Å². The second-order valence-electron chi connectivity index (χ2n) is 5.74. The van der Waals surface area contributed by atoms with Crippen LogP contribution in [0.15, 0.2) is 60.0 Å². The molecule has 1 atom stereocenters. The third-order valence-corrected chi connectivity index (χ3v) is 5.24. The zero-order valence-electron chi connectivity index (χ0n) is 13.0. The average molecular weight is 345 g/mol. The molecule has 24 heavy (non-hydrogen) atoms. The third kappa shape index (κ3) is 3.38. The van der Waals surface area contributed by atoms with Gasteiger partial charge in [0, 0.05) is 16.7 Å². The highest BCUT2D eigenvalue weighted by Gasteiger charge is 2.31. The van der Waals surface area contributed by atoms with Crippen molar-refractivity contribution in [3.63, 3.8) is 0 Å². The Bertz CT molecular complexity index is 887. The Morgan fingerprint density at radius 3 is 2.25 bits per heavy atom. The third-order valence-electron chi connectivity index (χ3n) is 3.86. The summed E-state index contributed by atoms with van der Waals surface area (Å²) in [6, 6.07) is 11.9. The van der Waals surface area contributed by atoms with Crippen molar-refractivity contribution in [3.8, 4) is 0 Å². The van der Waals surface area contributed by atoms with E-state index in [0.717, 1.165) is 11.0 Å². The monoisotopic (exact) mass is 345 g/mol. The normalized spacial score (nSPS) is 18.5. The summed E-state index contributed by atoms with van der Waals surface area (Å²) >= 11 is 0. The van der Waals surface area contributed by atoms with Gasteiger partial charge in [-0.05, 0) is 49.4 Å². The van der Waals surface area contributed by atoms with Gasteiger partial charge in [-0.3, -0.25) is 4.79 Å². The lowest BCUT2D eigenvalue weighted by molar-refractivity contribution is 0.0983. The Balaban J connectivity index is 2.01. The van der Waals surface area contributed by atoms with E-state index in [-0.39, 0.29) is 11.7 Å². The molecule has 4 nitrogen and oxygen atoms in total. The number of amides is 1. The molecule has 0 fully saturated rings. The van der Waals surface area contributed by atoms with Crippen LogP contribution in [0.4, 0.5) is 10.1 Å². The Labute approximate surface area is 140 Å². The number of carbonyl (C=O) groups excluding carboxylic acids is 1. The van der Waals surface area contributed by atoms with Gasteiger partial charge >= 0.3 is 0 Å². The number of hydrogen-bond acceptors (Lipinski definition) is 3. The van der Waals surface area contributed by atoms with Gasteiger partial charge in [-0.2, -0.15) is 0 Å². The molecular formula is C18H16FNO3S. The predicted octanol–water partition coefficient (Wildman–Crippen LogP) is 3.09. The molecule has 0 saturated heterocycles. The number of nitrogens with zero attached hydrogens (tertiary/aromatic N) is 1. The van der Waals surface area contributed by atoms with Gasteiger partial charge in [-0.25, -0.2) is 12.8 Å². The summed E-state index contributed by atoms with van der Waals surface area (Å²) in [4.78, 5) is 14.4. The maximum atomic E-state index is 13.1. The van der Waals surface area contributed by atoms with Crippen LogP contribution in [0, 0.1) is 12.7 Å². The molecule has 0 unspecified atom stereocenters. The number of benzene rings is 2. The van der Waals surface area contributed by atoms with Crippen molar-refractivity contribution >= 4 is 21.4 Å². The number of carbonyl (C=O) groups is 1. The summed E-state index contributed by atoms with van der Waals surface area (Å²) in [6.07, 6.45) is 1.51. The van der Waals surface area contributed by atoms with E-state index in [4.69, 9.17) is 0 Å². The molecule has 1 amide bonds. The van der Waals surface area contributed by atoms with Crippen molar-refractivity contribution in [1.29, 1.82) is 0 Å². The minimum atomic E-state index is -3.31. The molecule has 0 radical (unpaired) electrons. The van der Waals surface area contributed by atoms with E-state index < -0.39 is 21.7 Å². The maximum Gasteiger partial charge on any atom is 0.258 e. The number of aryl methyl sites for hydroxylation is 1. The van der Waals surface area contributed by atoms with Gasteiger partial charge in [-0.1, -0.05) is 17.7 Å². The topological polar surface area (TPSA) is 54.5 Å². The van der Waals surface area contributed by atoms with Gasteiger partial charge < -0.3 is 4.90 Å². The van der Waals surface area contributed by atoms with Crippen molar-refractivity contribution in [2.75, 3.05) is 10.7 Å². The molecule has 0 saturated carbocycles. The minimum Gasteiger partial charge on any atom is -0.300 e. The van der Waals surface area contributed by atoms with Crippen LogP contribution in [0.25, 0.3) is 0 Å². The number of sulfone groups is 1. The van der Waals surface area contributed by atoms with Crippen LogP contribution in [-0.2, 0) is 9.84 Å². The largest absolute Gasteiger partial charge is 0.300 e. The van der Waals surface area contributed by atoms with Crippen molar-refractivity contribution in [2.45, 2.75) is 13.0 Å². The predicted molar refractivity (Wildman–Crippen MR) is 91.1 cm³/mol. The number of halogens is 1. The lowest BCUT2D eigenvalue weighted by Crippen LogP contribution is -2.41. The SMILES string of the molecule is Cc1ccc(N(C(=O)c2ccc(F)cc2)[C@@H]2C=CS(=O)(=O)C2)cc1. The summed E-state index contributed by atoms with van der Waals surface area (Å²) < 4.78 is 36.6. The molecular weight excluding hydrogens is 329 g/mol. The first-order valence-electron chi connectivity index (χ1n) is 7.42. The zero-order valence-corrected chi connectivity index (χ0v) is 13.8. The Kier molecular flexibility index (Phi) is 4.24. The molecule has 0 N–H and O–H groups in total. The van der Waals surface area contributed by atoms with Gasteiger partial charge in [0.05, 0.1) is 11.8 Å². The number of rotatable bonds is 3. The van der Waals surface area contributed by atoms with E-state index >= 15 is 0 Å². The van der Waals surface area contributed by atoms with E-state index in [1.165, 1.54) is 35.2 Å². The molecule has 3 rings (SSSR count). The second kappa shape index (κ2) is 6.20. The molecule has 1 aliphatic rings. The molecule has 0 bridgehead atoms. The Hall–Kier alpha value is -2.47. The quantitative estimate of drug-likeness (QED) is 0.859. The maximum absolute atomic E-state index is 13.1. The van der Waals surface area contributed by atoms with Crippen LogP contribution in [0.2, 0.25) is 0 Å². The summed E-state index contributed by atoms with van der Waals surface area (Å²) in [5.74, 6) is -0.962. The zero-order chi connectivity index (χ0) is 17.3. The van der Waals surface area contributed by atoms with Gasteiger partial charge in [0.15, 0.2) is 9.84 Å². The molecule has 2 aromatic carbocycles. The molecule has 0 spiro atoms. The summed E-state index contributed by atoms with van der Waals surface area (Å²) in [7, 11) is -3.31. The van der Waals surface area contributed by atoms with Crippen LogP contribution in [0.1, 0.15) is 15.9 Å². The summed E-state index contributed by atoms with van der Waals surface area (Å²) in [5, 5.41) is 1.14. The van der Waals surface area contributed by atoms with Gasteiger partial charge in [-0.15, -0.1) is 0 Å². The molecule has 2 aromatic rings. The Morgan fingerprint density at radius 2 is 1.71 bits per heavy atom. The van der Waals surface area contributed by atoms with E-state index in [2.05, 4.69) is 0 Å². The lowest BCUT2D eigenvalue weighted by Gasteiger charge is -2.28. The van der Waals surface area contributed by atoms with Gasteiger partial charge in [0.2, 0.25) is 0 Å². The standard InChI is InChI=1S/C18H16FNO3S/c1-13-2-8-16(9-3-13)20(17-10-11-24(22,23)12-17)18(21)14-4-6-15(19)7-5-14/h2-11,17H,12H2,1H3/t17-/m1/s1. The van der Waals surface area contributed by atoms with Crippen molar-refractivity contribution in [2.24, 2.45) is 0 Å². The van der Waals surface area contributed by atoms with E-state index in [1.54, 1.807) is 12.1 Å². The van der Waals surface area contributed by atoms with Crippen LogP contribution in [-0.4, -0.2) is 26.1 Å². The van der Waals surface area contributed by atoms with Crippen LogP contribution in [0.3, 0.4) is 0 Å². The van der Waals surface area contributed by atoms with E-state index in [1.807, 2.05) is 19.1 Å². The van der Waals surface area contributed by atoms with E-state index in [9.17, 15) is 17.6 Å².